The van der Waals surface area contributed by atoms with Gasteiger partial charge in [-0.15, -0.1) is 10.2 Å². The topological polar surface area (TPSA) is 38.7 Å². The molecule has 0 radical (unpaired) electrons. The van der Waals surface area contributed by atoms with Crippen LogP contribution in [-0.2, 0) is 0 Å². The van der Waals surface area contributed by atoms with Crippen LogP contribution in [0.1, 0.15) is 11.4 Å². The zero-order chi connectivity index (χ0) is 10.8. The second-order valence-corrected chi connectivity index (χ2v) is 3.72. The summed E-state index contributed by atoms with van der Waals surface area (Å²) in [5.74, 6) is 0.580. The average molecular weight is 220 g/mol. The Morgan fingerprint density at radius 2 is 1.67 bits per heavy atom. The van der Waals surface area contributed by atoms with E-state index in [1.807, 2.05) is 31.2 Å². The maximum atomic E-state index is 5.99. The zero-order valence-corrected chi connectivity index (χ0v) is 9.28. The molecule has 1 aromatic heterocycles. The first-order valence-corrected chi connectivity index (χ1v) is 4.98. The van der Waals surface area contributed by atoms with E-state index in [0.717, 1.165) is 5.56 Å². The molecule has 0 bridgehead atoms. The Labute approximate surface area is 93.1 Å². The summed E-state index contributed by atoms with van der Waals surface area (Å²) < 4.78 is 0. The van der Waals surface area contributed by atoms with Crippen LogP contribution in [0.2, 0.25) is 5.15 Å². The number of nitrogens with zero attached hydrogens (tertiary/aromatic N) is 3. The standard InChI is InChI=1S/C11H10ClN3/c1-7-3-5-9(6-4-7)10-11(12)13-8(2)14-15-10/h3-6H,1-2H3. The van der Waals surface area contributed by atoms with Crippen LogP contribution in [0.25, 0.3) is 11.3 Å². The molecule has 76 valence electrons. The molecule has 0 atom stereocenters. The minimum atomic E-state index is 0.395. The molecule has 0 aliphatic heterocycles. The van der Waals surface area contributed by atoms with Gasteiger partial charge in [-0.2, -0.15) is 0 Å². The molecule has 0 spiro atoms. The summed E-state index contributed by atoms with van der Waals surface area (Å²) in [5.41, 5.74) is 2.76. The Hall–Kier alpha value is -1.48. The van der Waals surface area contributed by atoms with Gasteiger partial charge in [-0.1, -0.05) is 41.4 Å². The van der Waals surface area contributed by atoms with Gasteiger partial charge in [0.15, 0.2) is 5.15 Å². The summed E-state index contributed by atoms with van der Waals surface area (Å²) in [5, 5.41) is 8.32. The molecule has 0 amide bonds. The van der Waals surface area contributed by atoms with E-state index < -0.39 is 0 Å². The molecule has 15 heavy (non-hydrogen) atoms. The number of hydrogen-bond donors (Lipinski definition) is 0. The number of aromatic nitrogens is 3. The smallest absolute Gasteiger partial charge is 0.159 e. The van der Waals surface area contributed by atoms with Crippen LogP contribution >= 0.6 is 11.6 Å². The molecule has 0 fully saturated rings. The van der Waals surface area contributed by atoms with E-state index >= 15 is 0 Å². The molecular formula is C11H10ClN3. The lowest BCUT2D eigenvalue weighted by Gasteiger charge is -2.02. The van der Waals surface area contributed by atoms with Gasteiger partial charge in [0.05, 0.1) is 0 Å². The van der Waals surface area contributed by atoms with Crippen LogP contribution in [-0.4, -0.2) is 15.2 Å². The van der Waals surface area contributed by atoms with E-state index in [-0.39, 0.29) is 0 Å². The first-order chi connectivity index (χ1) is 7.16. The molecule has 0 saturated carbocycles. The summed E-state index contributed by atoms with van der Waals surface area (Å²) in [6.45, 7) is 3.79. The van der Waals surface area contributed by atoms with Crippen molar-refractivity contribution in [2.75, 3.05) is 0 Å². The first-order valence-electron chi connectivity index (χ1n) is 4.60. The highest BCUT2D eigenvalue weighted by molar-refractivity contribution is 6.31. The zero-order valence-electron chi connectivity index (χ0n) is 8.53. The molecular weight excluding hydrogens is 210 g/mol. The molecule has 0 aliphatic carbocycles. The minimum Gasteiger partial charge on any atom is -0.217 e. The second kappa shape index (κ2) is 3.95. The Morgan fingerprint density at radius 1 is 1.00 bits per heavy atom. The van der Waals surface area contributed by atoms with E-state index in [4.69, 9.17) is 11.6 Å². The third-order valence-corrected chi connectivity index (χ3v) is 2.34. The second-order valence-electron chi connectivity index (χ2n) is 3.36. The lowest BCUT2D eigenvalue weighted by Crippen LogP contribution is -1.95. The van der Waals surface area contributed by atoms with E-state index in [9.17, 15) is 0 Å². The molecule has 3 nitrogen and oxygen atoms in total. The van der Waals surface area contributed by atoms with Crippen molar-refractivity contribution >= 4 is 11.6 Å². The maximum absolute atomic E-state index is 5.99. The van der Waals surface area contributed by atoms with Crippen molar-refractivity contribution in [1.29, 1.82) is 0 Å². The van der Waals surface area contributed by atoms with Crippen LogP contribution in [0, 0.1) is 13.8 Å². The van der Waals surface area contributed by atoms with Crippen molar-refractivity contribution in [2.45, 2.75) is 13.8 Å². The average Bonchev–Trinajstić information content (AvgIpc) is 2.20. The monoisotopic (exact) mass is 219 g/mol. The van der Waals surface area contributed by atoms with Crippen LogP contribution < -0.4 is 0 Å². The van der Waals surface area contributed by atoms with Crippen molar-refractivity contribution in [1.82, 2.24) is 15.2 Å². The van der Waals surface area contributed by atoms with E-state index in [1.54, 1.807) is 6.92 Å². The van der Waals surface area contributed by atoms with Crippen molar-refractivity contribution < 1.29 is 0 Å². The fourth-order valence-corrected chi connectivity index (χ4v) is 1.54. The molecule has 4 heteroatoms. The van der Waals surface area contributed by atoms with Crippen molar-refractivity contribution in [3.05, 3.63) is 40.8 Å². The third kappa shape index (κ3) is 2.13. The fourth-order valence-electron chi connectivity index (χ4n) is 1.27. The Kier molecular flexibility index (Phi) is 2.64. The lowest BCUT2D eigenvalue weighted by molar-refractivity contribution is 0.914. The summed E-state index contributed by atoms with van der Waals surface area (Å²) in [6, 6.07) is 7.94. The number of rotatable bonds is 1. The Balaban J connectivity index is 2.49. The lowest BCUT2D eigenvalue weighted by atomic mass is 10.1. The molecule has 1 heterocycles. The maximum Gasteiger partial charge on any atom is 0.159 e. The fraction of sp³-hybridized carbons (Fsp3) is 0.182. The van der Waals surface area contributed by atoms with Gasteiger partial charge >= 0.3 is 0 Å². The Bertz CT molecular complexity index is 480. The van der Waals surface area contributed by atoms with Crippen LogP contribution in [0.5, 0.6) is 0 Å². The van der Waals surface area contributed by atoms with E-state index in [0.29, 0.717) is 16.7 Å². The van der Waals surface area contributed by atoms with Crippen LogP contribution in [0.4, 0.5) is 0 Å². The highest BCUT2D eigenvalue weighted by atomic mass is 35.5. The number of benzene rings is 1. The molecule has 2 aromatic rings. The molecule has 1 aromatic carbocycles. The molecule has 0 N–H and O–H groups in total. The first kappa shape index (κ1) is 10.1. The summed E-state index contributed by atoms with van der Waals surface area (Å²) in [7, 11) is 0. The van der Waals surface area contributed by atoms with Crippen molar-refractivity contribution in [3.8, 4) is 11.3 Å². The normalized spacial score (nSPS) is 10.3. The van der Waals surface area contributed by atoms with E-state index in [2.05, 4.69) is 15.2 Å². The van der Waals surface area contributed by atoms with Gasteiger partial charge in [0.2, 0.25) is 0 Å². The number of hydrogen-bond acceptors (Lipinski definition) is 3. The Morgan fingerprint density at radius 3 is 2.27 bits per heavy atom. The van der Waals surface area contributed by atoms with Crippen molar-refractivity contribution in [3.63, 3.8) is 0 Å². The molecule has 0 saturated heterocycles. The SMILES string of the molecule is Cc1ccc(-c2nnc(C)nc2Cl)cc1. The van der Waals surface area contributed by atoms with Gasteiger partial charge in [0.1, 0.15) is 11.5 Å². The van der Waals surface area contributed by atoms with Crippen LogP contribution in [0.15, 0.2) is 24.3 Å². The van der Waals surface area contributed by atoms with Gasteiger partial charge in [0, 0.05) is 5.56 Å². The number of aryl methyl sites for hydroxylation is 2. The van der Waals surface area contributed by atoms with Gasteiger partial charge in [0.25, 0.3) is 0 Å². The summed E-state index contributed by atoms with van der Waals surface area (Å²) in [6.07, 6.45) is 0. The van der Waals surface area contributed by atoms with Gasteiger partial charge in [-0.05, 0) is 13.8 Å². The van der Waals surface area contributed by atoms with Crippen LogP contribution in [0.3, 0.4) is 0 Å². The molecule has 2 rings (SSSR count). The minimum absolute atomic E-state index is 0.395. The predicted octanol–water partition coefficient (Wildman–Crippen LogP) is 2.81. The highest BCUT2D eigenvalue weighted by Crippen LogP contribution is 2.23. The highest BCUT2D eigenvalue weighted by Gasteiger charge is 2.07. The summed E-state index contributed by atoms with van der Waals surface area (Å²) >= 11 is 5.99. The van der Waals surface area contributed by atoms with Crippen molar-refractivity contribution in [2.24, 2.45) is 0 Å². The van der Waals surface area contributed by atoms with E-state index in [1.165, 1.54) is 5.56 Å². The largest absolute Gasteiger partial charge is 0.217 e. The van der Waals surface area contributed by atoms with Gasteiger partial charge in [-0.25, -0.2) is 4.98 Å². The van der Waals surface area contributed by atoms with Gasteiger partial charge < -0.3 is 0 Å². The van der Waals surface area contributed by atoms with Gasteiger partial charge in [-0.3, -0.25) is 0 Å². The molecule has 0 unspecified atom stereocenters. The molecule has 0 aliphatic rings. The summed E-state index contributed by atoms with van der Waals surface area (Å²) in [4.78, 5) is 4.06. The quantitative estimate of drug-likeness (QED) is 0.740. The predicted molar refractivity (Wildman–Crippen MR) is 59.7 cm³/mol. The number of halogens is 1. The third-order valence-electron chi connectivity index (χ3n) is 2.08.